The van der Waals surface area contributed by atoms with Crippen molar-refractivity contribution in [1.29, 1.82) is 0 Å². The van der Waals surface area contributed by atoms with Gasteiger partial charge in [0.15, 0.2) is 0 Å². The summed E-state index contributed by atoms with van der Waals surface area (Å²) < 4.78 is 0. The number of carbonyl (C=O) groups is 1. The first-order valence-electron chi connectivity index (χ1n) is 8.41. The van der Waals surface area contributed by atoms with E-state index in [0.29, 0.717) is 12.3 Å². The van der Waals surface area contributed by atoms with Gasteiger partial charge in [0.25, 0.3) is 0 Å². The molecule has 3 unspecified atom stereocenters. The highest BCUT2D eigenvalue weighted by Gasteiger charge is 2.38. The average Bonchev–Trinajstić information content (AvgIpc) is 3.01. The van der Waals surface area contributed by atoms with E-state index >= 15 is 0 Å². The van der Waals surface area contributed by atoms with E-state index < -0.39 is 0 Å². The van der Waals surface area contributed by atoms with Gasteiger partial charge in [0.2, 0.25) is 5.91 Å². The molecule has 3 atom stereocenters. The van der Waals surface area contributed by atoms with Gasteiger partial charge >= 0.3 is 0 Å². The van der Waals surface area contributed by atoms with Gasteiger partial charge in [0.05, 0.1) is 0 Å². The molecule has 4 heteroatoms. The van der Waals surface area contributed by atoms with Crippen molar-refractivity contribution in [3.05, 3.63) is 0 Å². The van der Waals surface area contributed by atoms with E-state index in [-0.39, 0.29) is 5.91 Å². The first-order chi connectivity index (χ1) is 9.72. The van der Waals surface area contributed by atoms with Gasteiger partial charge in [0, 0.05) is 25.0 Å². The van der Waals surface area contributed by atoms with Crippen LogP contribution in [0.4, 0.5) is 0 Å². The molecule has 0 radical (unpaired) electrons. The van der Waals surface area contributed by atoms with Gasteiger partial charge in [-0.05, 0) is 70.5 Å². The monoisotopic (exact) mass is 279 g/mol. The van der Waals surface area contributed by atoms with E-state index in [4.69, 9.17) is 0 Å². The Bertz CT molecular complexity index is 327. The molecule has 3 aliphatic heterocycles. The zero-order valence-electron chi connectivity index (χ0n) is 12.7. The smallest absolute Gasteiger partial charge is 0.220 e. The Hall–Kier alpha value is -0.610. The maximum absolute atomic E-state index is 11.9. The van der Waals surface area contributed by atoms with Crippen LogP contribution in [0.2, 0.25) is 0 Å². The zero-order valence-corrected chi connectivity index (χ0v) is 12.7. The zero-order chi connectivity index (χ0) is 13.9. The molecule has 3 rings (SSSR count). The Kier molecular flexibility index (Phi) is 4.61. The number of amides is 1. The summed E-state index contributed by atoms with van der Waals surface area (Å²) in [6.45, 7) is 3.14. The minimum absolute atomic E-state index is 0.267. The van der Waals surface area contributed by atoms with Crippen LogP contribution in [0.5, 0.6) is 0 Å². The van der Waals surface area contributed by atoms with Crippen molar-refractivity contribution in [3.63, 3.8) is 0 Å². The fourth-order valence-electron chi connectivity index (χ4n) is 4.33. The predicted octanol–water partition coefficient (Wildman–Crippen LogP) is 1.37. The molecule has 0 aromatic carbocycles. The first kappa shape index (κ1) is 14.3. The molecule has 2 bridgehead atoms. The van der Waals surface area contributed by atoms with Crippen LogP contribution in [-0.2, 0) is 4.79 Å². The summed E-state index contributed by atoms with van der Waals surface area (Å²) >= 11 is 0. The number of hydrogen-bond acceptors (Lipinski definition) is 3. The van der Waals surface area contributed by atoms with Gasteiger partial charge in [0.1, 0.15) is 0 Å². The molecule has 0 aliphatic carbocycles. The Labute approximate surface area is 122 Å². The predicted molar refractivity (Wildman–Crippen MR) is 80.5 cm³/mol. The summed E-state index contributed by atoms with van der Waals surface area (Å²) in [5.74, 6) is 1.70. The van der Waals surface area contributed by atoms with Crippen molar-refractivity contribution < 1.29 is 4.79 Å². The lowest BCUT2D eigenvalue weighted by atomic mass is 9.91. The lowest BCUT2D eigenvalue weighted by molar-refractivity contribution is -0.121. The van der Waals surface area contributed by atoms with Crippen LogP contribution < -0.4 is 10.6 Å². The number of nitrogens with zero attached hydrogens (tertiary/aromatic N) is 1. The summed E-state index contributed by atoms with van der Waals surface area (Å²) in [5, 5.41) is 6.55. The number of rotatable bonds is 5. The number of nitrogens with one attached hydrogen (secondary N) is 2. The van der Waals surface area contributed by atoms with Crippen LogP contribution in [-0.4, -0.2) is 49.6 Å². The van der Waals surface area contributed by atoms with Gasteiger partial charge in [-0.2, -0.15) is 0 Å². The SMILES string of the molecule is CN1C2CCC1CC(CNC(=O)CCC1CCNC1)C2. The maximum Gasteiger partial charge on any atom is 0.220 e. The molecule has 114 valence electrons. The molecule has 0 saturated carbocycles. The fraction of sp³-hybridized carbons (Fsp3) is 0.938. The van der Waals surface area contributed by atoms with Gasteiger partial charge in [-0.3, -0.25) is 4.79 Å². The molecule has 0 aromatic rings. The summed E-state index contributed by atoms with van der Waals surface area (Å²) in [6.07, 6.45) is 8.29. The topological polar surface area (TPSA) is 44.4 Å². The van der Waals surface area contributed by atoms with Crippen molar-refractivity contribution in [2.75, 3.05) is 26.7 Å². The van der Waals surface area contributed by atoms with Gasteiger partial charge in [-0.25, -0.2) is 0 Å². The van der Waals surface area contributed by atoms with Crippen LogP contribution in [0.3, 0.4) is 0 Å². The van der Waals surface area contributed by atoms with Crippen molar-refractivity contribution in [2.24, 2.45) is 11.8 Å². The Morgan fingerprint density at radius 3 is 2.60 bits per heavy atom. The molecular formula is C16H29N3O. The minimum atomic E-state index is 0.267. The normalized spacial score (nSPS) is 37.2. The number of carbonyl (C=O) groups excluding carboxylic acids is 1. The van der Waals surface area contributed by atoms with Gasteiger partial charge in [-0.1, -0.05) is 0 Å². The number of hydrogen-bond donors (Lipinski definition) is 2. The second-order valence-electron chi connectivity index (χ2n) is 7.09. The number of piperidine rings is 1. The number of fused-ring (bicyclic) bond motifs is 2. The molecule has 0 spiro atoms. The maximum atomic E-state index is 11.9. The van der Waals surface area contributed by atoms with Crippen molar-refractivity contribution in [3.8, 4) is 0 Å². The largest absolute Gasteiger partial charge is 0.356 e. The van der Waals surface area contributed by atoms with Crippen molar-refractivity contribution in [1.82, 2.24) is 15.5 Å². The molecule has 3 saturated heterocycles. The molecule has 3 fully saturated rings. The molecule has 0 aromatic heterocycles. The first-order valence-corrected chi connectivity index (χ1v) is 8.41. The quantitative estimate of drug-likeness (QED) is 0.799. The molecule has 1 amide bonds. The van der Waals surface area contributed by atoms with E-state index in [9.17, 15) is 4.79 Å². The van der Waals surface area contributed by atoms with Crippen LogP contribution in [0.15, 0.2) is 0 Å². The van der Waals surface area contributed by atoms with E-state index in [1.165, 1.54) is 32.1 Å². The third-order valence-corrected chi connectivity index (χ3v) is 5.73. The fourth-order valence-corrected chi connectivity index (χ4v) is 4.33. The molecule has 3 aliphatic rings. The summed E-state index contributed by atoms with van der Waals surface area (Å²) in [6, 6.07) is 1.56. The van der Waals surface area contributed by atoms with Crippen molar-refractivity contribution in [2.45, 2.75) is 57.0 Å². The van der Waals surface area contributed by atoms with Crippen LogP contribution in [0, 0.1) is 11.8 Å². The molecule has 4 nitrogen and oxygen atoms in total. The summed E-state index contributed by atoms with van der Waals surface area (Å²) in [5.41, 5.74) is 0. The third kappa shape index (κ3) is 3.34. The second kappa shape index (κ2) is 6.44. The minimum Gasteiger partial charge on any atom is -0.356 e. The van der Waals surface area contributed by atoms with Crippen LogP contribution in [0.1, 0.15) is 44.9 Å². The van der Waals surface area contributed by atoms with Crippen molar-refractivity contribution >= 4 is 5.91 Å². The Balaban J connectivity index is 1.34. The van der Waals surface area contributed by atoms with E-state index in [0.717, 1.165) is 44.1 Å². The standard InChI is InChI=1S/C16H29N3O/c1-19-14-3-4-15(19)9-13(8-14)11-18-16(20)5-2-12-6-7-17-10-12/h12-15,17H,2-11H2,1H3,(H,18,20). The van der Waals surface area contributed by atoms with Gasteiger partial charge < -0.3 is 15.5 Å². The molecular weight excluding hydrogens is 250 g/mol. The second-order valence-corrected chi connectivity index (χ2v) is 7.09. The Morgan fingerprint density at radius 1 is 1.20 bits per heavy atom. The Morgan fingerprint density at radius 2 is 1.95 bits per heavy atom. The van der Waals surface area contributed by atoms with Crippen LogP contribution in [0.25, 0.3) is 0 Å². The van der Waals surface area contributed by atoms with E-state index in [2.05, 4.69) is 22.6 Å². The molecule has 2 N–H and O–H groups in total. The lowest BCUT2D eigenvalue weighted by Crippen LogP contribution is -2.43. The highest BCUT2D eigenvalue weighted by atomic mass is 16.1. The molecule has 3 heterocycles. The molecule has 20 heavy (non-hydrogen) atoms. The van der Waals surface area contributed by atoms with Gasteiger partial charge in [-0.15, -0.1) is 0 Å². The summed E-state index contributed by atoms with van der Waals surface area (Å²) in [4.78, 5) is 14.5. The van der Waals surface area contributed by atoms with E-state index in [1.54, 1.807) is 0 Å². The average molecular weight is 279 g/mol. The third-order valence-electron chi connectivity index (χ3n) is 5.73. The van der Waals surface area contributed by atoms with Crippen LogP contribution >= 0.6 is 0 Å². The highest BCUT2D eigenvalue weighted by Crippen LogP contribution is 2.36. The summed E-state index contributed by atoms with van der Waals surface area (Å²) in [7, 11) is 2.27. The van der Waals surface area contributed by atoms with E-state index in [1.807, 2.05) is 0 Å². The highest BCUT2D eigenvalue weighted by molar-refractivity contribution is 5.75. The lowest BCUT2D eigenvalue weighted by Gasteiger charge is -2.36.